The van der Waals surface area contributed by atoms with Crippen LogP contribution in [0.5, 0.6) is 0 Å². The van der Waals surface area contributed by atoms with E-state index in [0.29, 0.717) is 10.7 Å². The minimum atomic E-state index is -4.17. The van der Waals surface area contributed by atoms with Gasteiger partial charge in [0.2, 0.25) is 0 Å². The van der Waals surface area contributed by atoms with E-state index >= 15 is 0 Å². The van der Waals surface area contributed by atoms with Gasteiger partial charge in [0.1, 0.15) is 0 Å². The normalized spacial score (nSPS) is 30.1. The molecule has 1 saturated heterocycles. The van der Waals surface area contributed by atoms with Crippen LogP contribution in [0.3, 0.4) is 0 Å². The molecule has 0 bridgehead atoms. The van der Waals surface area contributed by atoms with Gasteiger partial charge in [0.15, 0.2) is 0 Å². The van der Waals surface area contributed by atoms with Crippen molar-refractivity contribution in [3.63, 3.8) is 0 Å². The molecule has 0 spiro atoms. The summed E-state index contributed by atoms with van der Waals surface area (Å²) in [6, 6.07) is -0.598. The average molecular weight is 251 g/mol. The van der Waals surface area contributed by atoms with Crippen molar-refractivity contribution in [1.82, 2.24) is 4.31 Å². The molecule has 1 unspecified atom stereocenters. The largest absolute Gasteiger partial charge is 0.464 e. The minimum Gasteiger partial charge on any atom is -0.464 e. The van der Waals surface area contributed by atoms with Gasteiger partial charge >= 0.3 is 16.4 Å². The van der Waals surface area contributed by atoms with E-state index in [9.17, 15) is 13.2 Å². The van der Waals surface area contributed by atoms with Gasteiger partial charge in [-0.25, -0.2) is 4.79 Å². The number of hydrogen-bond acceptors (Lipinski definition) is 4. The van der Waals surface area contributed by atoms with Gasteiger partial charge in [-0.15, -0.1) is 0 Å². The van der Waals surface area contributed by atoms with Gasteiger partial charge in [0, 0.05) is 0 Å². The number of carbonyl (C=O) groups is 1. The molecule has 1 heterocycles. The monoisotopic (exact) mass is 251 g/mol. The van der Waals surface area contributed by atoms with Crippen LogP contribution in [0, 0.1) is 5.41 Å². The second-order valence-electron chi connectivity index (χ2n) is 5.06. The van der Waals surface area contributed by atoms with Crippen LogP contribution >= 0.6 is 0 Å². The molecule has 0 aromatic carbocycles. The highest BCUT2D eigenvalue weighted by Crippen LogP contribution is 2.34. The average Bonchev–Trinajstić information content (AvgIpc) is 1.97. The van der Waals surface area contributed by atoms with E-state index in [1.165, 1.54) is 0 Å². The number of nitrogens with zero attached hydrogens (tertiary/aromatic N) is 1. The van der Waals surface area contributed by atoms with Crippen LogP contribution in [-0.2, 0) is 14.5 Å². The number of rotatable bonds is 0. The standard InChI is InChI=1S/C9H17NO5S/c1-6-5-7(9(2,3)4)10(8(11)12)16(13,14)15-6/h6-7H,5H2,1-4H3,(H,11,12)/t6-,7?/m0/s1. The molecule has 94 valence electrons. The smallest absolute Gasteiger partial charge is 0.423 e. The maximum absolute atomic E-state index is 11.6. The maximum Gasteiger partial charge on any atom is 0.423 e. The molecule has 1 aliphatic rings. The van der Waals surface area contributed by atoms with Gasteiger partial charge < -0.3 is 5.11 Å². The highest BCUT2D eigenvalue weighted by molar-refractivity contribution is 7.85. The maximum atomic E-state index is 11.6. The Kier molecular flexibility index (Phi) is 3.22. The SMILES string of the molecule is C[C@H]1CC(C(C)(C)C)N(C(=O)O)S(=O)(=O)O1. The Hall–Kier alpha value is -0.820. The van der Waals surface area contributed by atoms with Crippen molar-refractivity contribution in [2.75, 3.05) is 0 Å². The third kappa shape index (κ3) is 2.46. The second-order valence-corrected chi connectivity index (χ2v) is 6.50. The molecule has 0 saturated carbocycles. The van der Waals surface area contributed by atoms with Crippen LogP contribution in [0.2, 0.25) is 0 Å². The van der Waals surface area contributed by atoms with Crippen LogP contribution < -0.4 is 0 Å². The third-order valence-corrected chi connectivity index (χ3v) is 4.02. The molecular weight excluding hydrogens is 234 g/mol. The quantitative estimate of drug-likeness (QED) is 0.704. The van der Waals surface area contributed by atoms with Gasteiger partial charge in [0.05, 0.1) is 12.1 Å². The van der Waals surface area contributed by atoms with Gasteiger partial charge in [-0.2, -0.15) is 12.7 Å². The van der Waals surface area contributed by atoms with Crippen molar-refractivity contribution >= 4 is 16.4 Å². The van der Waals surface area contributed by atoms with E-state index in [1.54, 1.807) is 27.7 Å². The molecule has 1 aliphatic heterocycles. The van der Waals surface area contributed by atoms with E-state index in [4.69, 9.17) is 9.29 Å². The molecule has 16 heavy (non-hydrogen) atoms. The lowest BCUT2D eigenvalue weighted by atomic mass is 9.83. The molecule has 0 aromatic heterocycles. The molecule has 1 N–H and O–H groups in total. The Balaban J connectivity index is 3.19. The topological polar surface area (TPSA) is 83.9 Å². The fourth-order valence-electron chi connectivity index (χ4n) is 1.79. The number of hydrogen-bond donors (Lipinski definition) is 1. The zero-order valence-electron chi connectivity index (χ0n) is 9.80. The summed E-state index contributed by atoms with van der Waals surface area (Å²) >= 11 is 0. The molecule has 1 fully saturated rings. The lowest BCUT2D eigenvalue weighted by Gasteiger charge is -2.42. The van der Waals surface area contributed by atoms with E-state index < -0.39 is 34.0 Å². The van der Waals surface area contributed by atoms with Crippen molar-refractivity contribution < 1.29 is 22.5 Å². The first kappa shape index (κ1) is 13.2. The highest BCUT2D eigenvalue weighted by atomic mass is 32.2. The van der Waals surface area contributed by atoms with Crippen LogP contribution in [0.1, 0.15) is 34.1 Å². The van der Waals surface area contributed by atoms with E-state index in [-0.39, 0.29) is 0 Å². The van der Waals surface area contributed by atoms with Gasteiger partial charge in [0.25, 0.3) is 0 Å². The Labute approximate surface area is 95.5 Å². The van der Waals surface area contributed by atoms with Crippen LogP contribution in [0.15, 0.2) is 0 Å². The lowest BCUT2D eigenvalue weighted by molar-refractivity contribution is 0.0559. The predicted octanol–water partition coefficient (Wildman–Crippen LogP) is 1.43. The fraction of sp³-hybridized carbons (Fsp3) is 0.889. The summed E-state index contributed by atoms with van der Waals surface area (Å²) in [6.07, 6.45) is -1.62. The lowest BCUT2D eigenvalue weighted by Crippen LogP contribution is -2.55. The molecule has 2 atom stereocenters. The minimum absolute atomic E-state index is 0.370. The van der Waals surface area contributed by atoms with Gasteiger partial charge in [-0.1, -0.05) is 20.8 Å². The van der Waals surface area contributed by atoms with Gasteiger partial charge in [-0.3, -0.25) is 4.18 Å². The van der Waals surface area contributed by atoms with Crippen molar-refractivity contribution in [2.45, 2.75) is 46.3 Å². The first-order chi connectivity index (χ1) is 7.05. The molecule has 1 amide bonds. The number of amides is 1. The summed E-state index contributed by atoms with van der Waals surface area (Å²) in [5.41, 5.74) is -0.455. The molecule has 7 heteroatoms. The molecule has 0 aliphatic carbocycles. The molecule has 6 nitrogen and oxygen atoms in total. The molecule has 0 radical (unpaired) electrons. The molecule has 1 rings (SSSR count). The summed E-state index contributed by atoms with van der Waals surface area (Å²) in [7, 11) is -4.17. The van der Waals surface area contributed by atoms with Crippen LogP contribution in [-0.4, -0.2) is 36.1 Å². The Morgan fingerprint density at radius 2 is 1.94 bits per heavy atom. The Morgan fingerprint density at radius 1 is 1.44 bits per heavy atom. The zero-order chi connectivity index (χ0) is 12.7. The summed E-state index contributed by atoms with van der Waals surface area (Å²) in [6.45, 7) is 7.04. The van der Waals surface area contributed by atoms with Crippen molar-refractivity contribution in [3.8, 4) is 0 Å². The summed E-state index contributed by atoms with van der Waals surface area (Å²) < 4.78 is 28.3. The van der Waals surface area contributed by atoms with Gasteiger partial charge in [-0.05, 0) is 18.8 Å². The van der Waals surface area contributed by atoms with Crippen molar-refractivity contribution in [1.29, 1.82) is 0 Å². The first-order valence-corrected chi connectivity index (χ1v) is 6.38. The molecular formula is C9H17NO5S. The molecule has 0 aromatic rings. The van der Waals surface area contributed by atoms with Crippen LogP contribution in [0.25, 0.3) is 0 Å². The first-order valence-electron chi connectivity index (χ1n) is 5.01. The fourth-order valence-corrected chi connectivity index (χ4v) is 3.29. The summed E-state index contributed by atoms with van der Waals surface area (Å²) in [5, 5.41) is 8.96. The Morgan fingerprint density at radius 3 is 2.31 bits per heavy atom. The third-order valence-electron chi connectivity index (χ3n) is 2.55. The summed E-state index contributed by atoms with van der Waals surface area (Å²) in [5.74, 6) is 0. The number of carboxylic acid groups (broad SMARTS) is 1. The zero-order valence-corrected chi connectivity index (χ0v) is 10.6. The van der Waals surface area contributed by atoms with Crippen molar-refractivity contribution in [3.05, 3.63) is 0 Å². The predicted molar refractivity (Wildman–Crippen MR) is 57.2 cm³/mol. The second kappa shape index (κ2) is 3.89. The van der Waals surface area contributed by atoms with Crippen LogP contribution in [0.4, 0.5) is 4.79 Å². The van der Waals surface area contributed by atoms with E-state index in [0.717, 1.165) is 0 Å². The van der Waals surface area contributed by atoms with Crippen molar-refractivity contribution in [2.24, 2.45) is 5.41 Å². The Bertz CT molecular complexity index is 383. The van der Waals surface area contributed by atoms with E-state index in [2.05, 4.69) is 0 Å². The summed E-state index contributed by atoms with van der Waals surface area (Å²) in [4.78, 5) is 11.0. The van der Waals surface area contributed by atoms with E-state index in [1.807, 2.05) is 0 Å². The highest BCUT2D eigenvalue weighted by Gasteiger charge is 2.46.